The van der Waals surface area contributed by atoms with E-state index in [1.807, 2.05) is 18.2 Å². The lowest BCUT2D eigenvalue weighted by Gasteiger charge is -2.06. The summed E-state index contributed by atoms with van der Waals surface area (Å²) in [6.07, 6.45) is 0.831. The lowest BCUT2D eigenvalue weighted by molar-refractivity contribution is 0.723. The molecule has 0 fully saturated rings. The second-order valence-electron chi connectivity index (χ2n) is 4.02. The molecule has 0 aliphatic heterocycles. The van der Waals surface area contributed by atoms with E-state index in [9.17, 15) is 0 Å². The normalized spacial score (nSPS) is 13.0. The highest BCUT2D eigenvalue weighted by Gasteiger charge is 2.14. The van der Waals surface area contributed by atoms with Gasteiger partial charge in [-0.15, -0.1) is 22.7 Å². The van der Waals surface area contributed by atoms with E-state index in [-0.39, 0.29) is 6.04 Å². The number of hydrogen-bond donors (Lipinski definition) is 1. The Kier molecular flexibility index (Phi) is 3.48. The van der Waals surface area contributed by atoms with Crippen molar-refractivity contribution in [3.05, 3.63) is 50.1 Å². The molecule has 18 heavy (non-hydrogen) atoms. The monoisotopic (exact) mass is 338 g/mol. The van der Waals surface area contributed by atoms with Crippen LogP contribution in [0.15, 0.2) is 40.2 Å². The van der Waals surface area contributed by atoms with Gasteiger partial charge < -0.3 is 5.73 Å². The molecule has 0 radical (unpaired) electrons. The van der Waals surface area contributed by atoms with Crippen LogP contribution in [-0.4, -0.2) is 4.98 Å². The molecule has 0 aliphatic rings. The first-order chi connectivity index (χ1) is 8.74. The molecule has 2 N–H and O–H groups in total. The smallest absolute Gasteiger partial charge is 0.111 e. The molecule has 0 aliphatic carbocycles. The van der Waals surface area contributed by atoms with Crippen molar-refractivity contribution in [1.82, 2.24) is 4.98 Å². The number of rotatable bonds is 3. The second kappa shape index (κ2) is 5.09. The molecule has 1 atom stereocenters. The topological polar surface area (TPSA) is 38.9 Å². The number of para-hydroxylation sites is 1. The minimum absolute atomic E-state index is 0.0302. The van der Waals surface area contributed by atoms with Crippen LogP contribution in [-0.2, 0) is 6.42 Å². The number of hydrogen-bond acceptors (Lipinski definition) is 4. The number of thiophene rings is 1. The van der Waals surface area contributed by atoms with E-state index >= 15 is 0 Å². The standard InChI is InChI=1S/C13H11BrN2S2/c14-8-5-6-17-12(8)7-9(15)13-16-10-3-1-2-4-11(10)18-13/h1-6,9H,7,15H2. The summed E-state index contributed by atoms with van der Waals surface area (Å²) in [7, 11) is 0. The van der Waals surface area contributed by atoms with Gasteiger partial charge in [0.2, 0.25) is 0 Å². The number of thiazole rings is 1. The van der Waals surface area contributed by atoms with E-state index in [4.69, 9.17) is 5.73 Å². The summed E-state index contributed by atoms with van der Waals surface area (Å²) in [5.74, 6) is 0. The summed E-state index contributed by atoms with van der Waals surface area (Å²) in [5, 5.41) is 3.08. The Balaban J connectivity index is 1.88. The molecule has 3 aromatic rings. The molecule has 2 aromatic heterocycles. The van der Waals surface area contributed by atoms with E-state index in [0.29, 0.717) is 0 Å². The van der Waals surface area contributed by atoms with Gasteiger partial charge in [-0.25, -0.2) is 4.98 Å². The Morgan fingerprint density at radius 2 is 2.11 bits per heavy atom. The molecule has 92 valence electrons. The Morgan fingerprint density at radius 3 is 2.83 bits per heavy atom. The van der Waals surface area contributed by atoms with Crippen LogP contribution in [0.4, 0.5) is 0 Å². The predicted octanol–water partition coefficient (Wildman–Crippen LogP) is 4.36. The number of aromatic nitrogens is 1. The third kappa shape index (κ3) is 2.36. The lowest BCUT2D eigenvalue weighted by Crippen LogP contribution is -2.12. The number of halogens is 1. The van der Waals surface area contributed by atoms with Gasteiger partial charge >= 0.3 is 0 Å². The summed E-state index contributed by atoms with van der Waals surface area (Å²) in [4.78, 5) is 5.89. The lowest BCUT2D eigenvalue weighted by atomic mass is 10.2. The quantitative estimate of drug-likeness (QED) is 0.770. The minimum atomic E-state index is -0.0302. The molecular formula is C13H11BrN2S2. The molecule has 3 rings (SSSR count). The van der Waals surface area contributed by atoms with Crippen LogP contribution < -0.4 is 5.73 Å². The van der Waals surface area contributed by atoms with E-state index in [1.165, 1.54) is 9.58 Å². The van der Waals surface area contributed by atoms with Crippen LogP contribution in [0, 0.1) is 0 Å². The molecule has 0 amide bonds. The molecule has 1 aromatic carbocycles. The Labute approximate surface area is 122 Å². The van der Waals surface area contributed by atoms with Gasteiger partial charge in [0.15, 0.2) is 0 Å². The summed E-state index contributed by atoms with van der Waals surface area (Å²) in [6, 6.07) is 10.2. The van der Waals surface area contributed by atoms with Crippen LogP contribution in [0.1, 0.15) is 15.9 Å². The maximum atomic E-state index is 6.25. The van der Waals surface area contributed by atoms with Gasteiger partial charge in [-0.2, -0.15) is 0 Å². The Bertz CT molecular complexity index is 641. The van der Waals surface area contributed by atoms with Gasteiger partial charge in [0, 0.05) is 15.8 Å². The highest BCUT2D eigenvalue weighted by atomic mass is 79.9. The zero-order valence-corrected chi connectivity index (χ0v) is 12.7. The van der Waals surface area contributed by atoms with Crippen LogP contribution in [0.2, 0.25) is 0 Å². The highest BCUT2D eigenvalue weighted by Crippen LogP contribution is 2.30. The predicted molar refractivity (Wildman–Crippen MR) is 82.3 cm³/mol. The second-order valence-corrected chi connectivity index (χ2v) is 6.94. The number of nitrogens with two attached hydrogens (primary N) is 1. The van der Waals surface area contributed by atoms with E-state index in [2.05, 4.69) is 38.4 Å². The summed E-state index contributed by atoms with van der Waals surface area (Å²) < 4.78 is 2.34. The van der Waals surface area contributed by atoms with Crippen LogP contribution in [0.3, 0.4) is 0 Å². The van der Waals surface area contributed by atoms with Crippen molar-refractivity contribution >= 4 is 48.8 Å². The number of fused-ring (bicyclic) bond motifs is 1. The molecule has 0 saturated carbocycles. The van der Waals surface area contributed by atoms with Crippen molar-refractivity contribution in [2.24, 2.45) is 5.73 Å². The van der Waals surface area contributed by atoms with Gasteiger partial charge in [-0.1, -0.05) is 12.1 Å². The maximum absolute atomic E-state index is 6.25. The summed E-state index contributed by atoms with van der Waals surface area (Å²) >= 11 is 6.96. The van der Waals surface area contributed by atoms with E-state index < -0.39 is 0 Å². The molecule has 0 spiro atoms. The summed E-state index contributed by atoms with van der Waals surface area (Å²) in [5.41, 5.74) is 7.29. The van der Waals surface area contributed by atoms with Gasteiger partial charge in [-0.05, 0) is 39.5 Å². The van der Waals surface area contributed by atoms with Crippen LogP contribution >= 0.6 is 38.6 Å². The van der Waals surface area contributed by atoms with Crippen molar-refractivity contribution in [3.8, 4) is 0 Å². The molecule has 2 nitrogen and oxygen atoms in total. The Morgan fingerprint density at radius 1 is 1.28 bits per heavy atom. The third-order valence-electron chi connectivity index (χ3n) is 2.72. The zero-order chi connectivity index (χ0) is 12.5. The SMILES string of the molecule is NC(Cc1sccc1Br)c1nc2ccccc2s1. The maximum Gasteiger partial charge on any atom is 0.111 e. The average molecular weight is 339 g/mol. The first kappa shape index (κ1) is 12.3. The van der Waals surface area contributed by atoms with E-state index in [1.54, 1.807) is 22.7 Å². The molecule has 1 unspecified atom stereocenters. The first-order valence-corrected chi connectivity index (χ1v) is 8.06. The number of benzene rings is 1. The van der Waals surface area contributed by atoms with Gasteiger partial charge in [0.1, 0.15) is 5.01 Å². The molecule has 0 bridgehead atoms. The molecule has 0 saturated heterocycles. The largest absolute Gasteiger partial charge is 0.322 e. The zero-order valence-electron chi connectivity index (χ0n) is 9.47. The molecular weight excluding hydrogens is 328 g/mol. The summed E-state index contributed by atoms with van der Waals surface area (Å²) in [6.45, 7) is 0. The molecule has 5 heteroatoms. The van der Waals surface area contributed by atoms with Crippen molar-refractivity contribution in [1.29, 1.82) is 0 Å². The van der Waals surface area contributed by atoms with Gasteiger partial charge in [-0.3, -0.25) is 0 Å². The van der Waals surface area contributed by atoms with Gasteiger partial charge in [0.05, 0.1) is 16.3 Å². The minimum Gasteiger partial charge on any atom is -0.322 e. The van der Waals surface area contributed by atoms with Gasteiger partial charge in [0.25, 0.3) is 0 Å². The average Bonchev–Trinajstić information content (AvgIpc) is 2.96. The fraction of sp³-hybridized carbons (Fsp3) is 0.154. The fourth-order valence-electron chi connectivity index (χ4n) is 1.81. The van der Waals surface area contributed by atoms with Crippen LogP contribution in [0.25, 0.3) is 10.2 Å². The first-order valence-electron chi connectivity index (χ1n) is 5.57. The Hall–Kier alpha value is -0.750. The fourth-order valence-corrected chi connectivity index (χ4v) is 4.35. The molecule has 2 heterocycles. The van der Waals surface area contributed by atoms with E-state index in [0.717, 1.165) is 21.4 Å². The van der Waals surface area contributed by atoms with Crippen LogP contribution in [0.5, 0.6) is 0 Å². The highest BCUT2D eigenvalue weighted by molar-refractivity contribution is 9.10. The van der Waals surface area contributed by atoms with Crippen molar-refractivity contribution in [3.63, 3.8) is 0 Å². The van der Waals surface area contributed by atoms with Crippen molar-refractivity contribution < 1.29 is 0 Å². The third-order valence-corrected chi connectivity index (χ3v) is 5.84. The number of nitrogens with zero attached hydrogens (tertiary/aromatic N) is 1. The van der Waals surface area contributed by atoms with Crippen molar-refractivity contribution in [2.45, 2.75) is 12.5 Å². The van der Waals surface area contributed by atoms with Crippen molar-refractivity contribution in [2.75, 3.05) is 0 Å².